The molecule has 0 aliphatic rings. The second-order valence-corrected chi connectivity index (χ2v) is 5.22. The molecule has 0 fully saturated rings. The molecule has 0 spiro atoms. The monoisotopic (exact) mass is 263 g/mol. The topological polar surface area (TPSA) is 113 Å². The number of sulfonamides is 1. The minimum Gasteiger partial charge on any atom is -0.478 e. The first-order chi connectivity index (χ1) is 7.91. The third-order valence-electron chi connectivity index (χ3n) is 2.11. The molecule has 0 saturated heterocycles. The van der Waals surface area contributed by atoms with Crippen molar-refractivity contribution in [2.24, 2.45) is 0 Å². The fraction of sp³-hybridized carbons (Fsp3) is 0.500. The number of rotatable bonds is 6. The summed E-state index contributed by atoms with van der Waals surface area (Å²) < 4.78 is 29.7. The molecule has 0 aromatic carbocycles. The van der Waals surface area contributed by atoms with Crippen LogP contribution in [0.15, 0.2) is 11.2 Å². The Balaban J connectivity index is 3.04. The van der Waals surface area contributed by atoms with Crippen LogP contribution in [-0.4, -0.2) is 61.3 Å². The van der Waals surface area contributed by atoms with Gasteiger partial charge in [-0.15, -0.1) is 0 Å². The van der Waals surface area contributed by atoms with E-state index in [1.54, 1.807) is 0 Å². The normalized spacial score (nSPS) is 11.9. The molecule has 9 heteroatoms. The number of nitrogens with one attached hydrogen (secondary N) is 1. The zero-order chi connectivity index (χ0) is 13.1. The molecule has 0 amide bonds. The highest BCUT2D eigenvalue weighted by Crippen LogP contribution is 2.15. The van der Waals surface area contributed by atoms with Gasteiger partial charge in [-0.2, -0.15) is 9.40 Å². The standard InChI is InChI=1S/C8H13N3O5S/c1-11(3-4-16-2)17(14,15)7-6(8(12)13)5-9-10-7/h5H,3-4H2,1-2H3,(H,9,10)(H,12,13). The zero-order valence-corrected chi connectivity index (χ0v) is 10.2. The number of hydrogen-bond acceptors (Lipinski definition) is 5. The molecule has 96 valence electrons. The summed E-state index contributed by atoms with van der Waals surface area (Å²) in [6.45, 7) is 0.336. The number of ether oxygens (including phenoxy) is 1. The lowest BCUT2D eigenvalue weighted by molar-refractivity contribution is 0.0692. The highest BCUT2D eigenvalue weighted by Gasteiger charge is 2.28. The summed E-state index contributed by atoms with van der Waals surface area (Å²) in [5.41, 5.74) is -0.380. The molecule has 1 aromatic rings. The molecule has 2 N–H and O–H groups in total. The lowest BCUT2D eigenvalue weighted by atomic mass is 10.4. The highest BCUT2D eigenvalue weighted by molar-refractivity contribution is 7.89. The second kappa shape index (κ2) is 5.25. The summed E-state index contributed by atoms with van der Waals surface area (Å²) in [4.78, 5) is 10.8. The van der Waals surface area contributed by atoms with Gasteiger partial charge >= 0.3 is 5.97 Å². The maximum absolute atomic E-state index is 12.0. The van der Waals surface area contributed by atoms with Crippen LogP contribution < -0.4 is 0 Å². The number of nitrogens with zero attached hydrogens (tertiary/aromatic N) is 2. The molecular weight excluding hydrogens is 250 g/mol. The van der Waals surface area contributed by atoms with Crippen molar-refractivity contribution in [3.63, 3.8) is 0 Å². The summed E-state index contributed by atoms with van der Waals surface area (Å²) >= 11 is 0. The SMILES string of the molecule is COCCN(C)S(=O)(=O)c1[nH]ncc1C(=O)O. The second-order valence-electron chi connectivity index (χ2n) is 3.24. The van der Waals surface area contributed by atoms with Crippen LogP contribution in [0.3, 0.4) is 0 Å². The number of hydrogen-bond donors (Lipinski definition) is 2. The van der Waals surface area contributed by atoms with Gasteiger partial charge in [0, 0.05) is 20.7 Å². The summed E-state index contributed by atoms with van der Waals surface area (Å²) in [6, 6.07) is 0. The number of likely N-dealkylation sites (N-methyl/N-ethyl adjacent to an activating group) is 1. The fourth-order valence-corrected chi connectivity index (χ4v) is 2.33. The summed E-state index contributed by atoms with van der Waals surface area (Å²) in [5, 5.41) is 14.0. The van der Waals surface area contributed by atoms with Crippen molar-refractivity contribution in [1.82, 2.24) is 14.5 Å². The Morgan fingerprint density at radius 2 is 2.29 bits per heavy atom. The Labute approximate surface area is 98.2 Å². The third-order valence-corrected chi connectivity index (χ3v) is 3.94. The molecule has 8 nitrogen and oxygen atoms in total. The Kier molecular flexibility index (Phi) is 4.21. The summed E-state index contributed by atoms with van der Waals surface area (Å²) in [6.07, 6.45) is 0.958. The first-order valence-corrected chi connectivity index (χ1v) is 6.07. The van der Waals surface area contributed by atoms with Crippen LogP contribution in [0.25, 0.3) is 0 Å². The highest BCUT2D eigenvalue weighted by atomic mass is 32.2. The van der Waals surface area contributed by atoms with Crippen molar-refractivity contribution < 1.29 is 23.1 Å². The van der Waals surface area contributed by atoms with Crippen LogP contribution in [-0.2, 0) is 14.8 Å². The van der Waals surface area contributed by atoms with Gasteiger partial charge in [-0.25, -0.2) is 13.2 Å². The predicted octanol–water partition coefficient (Wildman–Crippen LogP) is -0.625. The number of methoxy groups -OCH3 is 1. The van der Waals surface area contributed by atoms with Crippen LogP contribution in [0.1, 0.15) is 10.4 Å². The van der Waals surface area contributed by atoms with E-state index in [2.05, 4.69) is 10.2 Å². The van der Waals surface area contributed by atoms with E-state index in [0.717, 1.165) is 10.5 Å². The Morgan fingerprint density at radius 3 is 2.82 bits per heavy atom. The van der Waals surface area contributed by atoms with Crippen LogP contribution in [0.5, 0.6) is 0 Å². The van der Waals surface area contributed by atoms with Crippen LogP contribution in [0.4, 0.5) is 0 Å². The van der Waals surface area contributed by atoms with E-state index >= 15 is 0 Å². The average molecular weight is 263 g/mol. The molecule has 1 rings (SSSR count). The summed E-state index contributed by atoms with van der Waals surface area (Å²) in [7, 11) is -1.11. The third kappa shape index (κ3) is 2.81. The molecule has 0 atom stereocenters. The maximum Gasteiger partial charge on any atom is 0.340 e. The van der Waals surface area contributed by atoms with E-state index in [1.807, 2.05) is 0 Å². The van der Waals surface area contributed by atoms with Gasteiger partial charge in [0.05, 0.1) is 12.8 Å². The zero-order valence-electron chi connectivity index (χ0n) is 9.37. The van der Waals surface area contributed by atoms with Gasteiger partial charge in [0.25, 0.3) is 10.0 Å². The smallest absolute Gasteiger partial charge is 0.340 e. The lowest BCUT2D eigenvalue weighted by Crippen LogP contribution is -2.31. The molecule has 0 aliphatic heterocycles. The van der Waals surface area contributed by atoms with Gasteiger partial charge in [0.1, 0.15) is 5.56 Å². The van der Waals surface area contributed by atoms with Gasteiger partial charge in [-0.1, -0.05) is 0 Å². The molecule has 0 unspecified atom stereocenters. The first-order valence-electron chi connectivity index (χ1n) is 4.63. The van der Waals surface area contributed by atoms with E-state index in [4.69, 9.17) is 9.84 Å². The van der Waals surface area contributed by atoms with E-state index < -0.39 is 21.0 Å². The molecule has 0 aliphatic carbocycles. The first kappa shape index (κ1) is 13.6. The molecule has 1 aromatic heterocycles. The molecule has 1 heterocycles. The quantitative estimate of drug-likeness (QED) is 0.707. The van der Waals surface area contributed by atoms with Crippen molar-refractivity contribution in [2.75, 3.05) is 27.3 Å². The number of carboxylic acid groups (broad SMARTS) is 1. The number of aromatic nitrogens is 2. The molecule has 17 heavy (non-hydrogen) atoms. The van der Waals surface area contributed by atoms with Gasteiger partial charge in [0.2, 0.25) is 0 Å². The number of carboxylic acids is 1. The number of aromatic carboxylic acids is 1. The average Bonchev–Trinajstić information content (AvgIpc) is 2.75. The van der Waals surface area contributed by atoms with Gasteiger partial charge < -0.3 is 9.84 Å². The minimum atomic E-state index is -3.89. The van der Waals surface area contributed by atoms with Crippen LogP contribution >= 0.6 is 0 Å². The van der Waals surface area contributed by atoms with Crippen molar-refractivity contribution >= 4 is 16.0 Å². The van der Waals surface area contributed by atoms with Crippen molar-refractivity contribution in [3.8, 4) is 0 Å². The van der Waals surface area contributed by atoms with E-state index in [9.17, 15) is 13.2 Å². The number of carbonyl (C=O) groups is 1. The Hall–Kier alpha value is -1.45. The van der Waals surface area contributed by atoms with Gasteiger partial charge in [-0.3, -0.25) is 5.10 Å². The Morgan fingerprint density at radius 1 is 1.65 bits per heavy atom. The molecule has 0 saturated carbocycles. The molecule has 0 bridgehead atoms. The fourth-order valence-electron chi connectivity index (χ4n) is 1.12. The van der Waals surface area contributed by atoms with E-state index in [-0.39, 0.29) is 18.7 Å². The summed E-state index contributed by atoms with van der Waals surface area (Å²) in [5.74, 6) is -1.35. The van der Waals surface area contributed by atoms with Crippen LogP contribution in [0, 0.1) is 0 Å². The van der Waals surface area contributed by atoms with Crippen LogP contribution in [0.2, 0.25) is 0 Å². The van der Waals surface area contributed by atoms with Crippen molar-refractivity contribution in [3.05, 3.63) is 11.8 Å². The maximum atomic E-state index is 12.0. The molecular formula is C8H13N3O5S. The number of aromatic amines is 1. The minimum absolute atomic E-state index is 0.122. The Bertz CT molecular complexity index is 495. The van der Waals surface area contributed by atoms with Gasteiger partial charge in [0.15, 0.2) is 5.03 Å². The van der Waals surface area contributed by atoms with E-state index in [1.165, 1.54) is 14.2 Å². The van der Waals surface area contributed by atoms with E-state index in [0.29, 0.717) is 0 Å². The lowest BCUT2D eigenvalue weighted by Gasteiger charge is -2.15. The number of H-pyrrole nitrogens is 1. The van der Waals surface area contributed by atoms with Crippen molar-refractivity contribution in [1.29, 1.82) is 0 Å². The largest absolute Gasteiger partial charge is 0.478 e. The van der Waals surface area contributed by atoms with Crippen molar-refractivity contribution in [2.45, 2.75) is 5.03 Å². The predicted molar refractivity (Wildman–Crippen MR) is 57.2 cm³/mol. The molecule has 0 radical (unpaired) electrons. The van der Waals surface area contributed by atoms with Gasteiger partial charge in [-0.05, 0) is 0 Å².